The molecule has 0 aliphatic rings. The second-order valence-corrected chi connectivity index (χ2v) is 3.42. The van der Waals surface area contributed by atoms with Crippen LogP contribution in [-0.4, -0.2) is 21.3 Å². The Labute approximate surface area is 90.3 Å². The smallest absolute Gasteiger partial charge is 0.338 e. The minimum Gasteiger partial charge on any atom is -0.768 e. The molecule has 0 spiro atoms. The number of carbonyl (C=O) groups is 1. The van der Waals surface area contributed by atoms with E-state index in [4.69, 9.17) is 4.74 Å². The lowest BCUT2D eigenvalue weighted by Crippen LogP contribution is -2.04. The summed E-state index contributed by atoms with van der Waals surface area (Å²) in [6.45, 7) is 2.01. The van der Waals surface area contributed by atoms with E-state index in [0.717, 1.165) is 0 Å². The van der Waals surface area contributed by atoms with Gasteiger partial charge >= 0.3 is 5.97 Å². The molecule has 1 aromatic rings. The van der Waals surface area contributed by atoms with Gasteiger partial charge in [-0.05, 0) is 42.3 Å². The Morgan fingerprint density at radius 1 is 1.40 bits per heavy atom. The van der Waals surface area contributed by atoms with E-state index < -0.39 is 17.0 Å². The monoisotopic (exact) mass is 231 g/mol. The largest absolute Gasteiger partial charge is 0.768 e. The summed E-state index contributed by atoms with van der Waals surface area (Å²) in [4.78, 5) is 11.3. The molecular weight excluding hydrogens is 218 g/mol. The molecule has 0 amide bonds. The summed E-state index contributed by atoms with van der Waals surface area (Å²) >= 11 is -2.26. The second kappa shape index (κ2) is 6.28. The average molecular weight is 231 g/mol. The van der Waals surface area contributed by atoms with Gasteiger partial charge in [0.15, 0.2) is 0 Å². The highest BCUT2D eigenvalue weighted by Gasteiger charge is 2.05. The molecule has 1 rings (SSSR count). The lowest BCUT2D eigenvalue weighted by Gasteiger charge is -2.05. The Balaban J connectivity index is 0.00000196. The van der Waals surface area contributed by atoms with Crippen molar-refractivity contribution in [1.29, 1.82) is 0 Å². The molecule has 5 nitrogen and oxygen atoms in total. The number of ether oxygens (including phenoxy) is 1. The van der Waals surface area contributed by atoms with Crippen LogP contribution in [0.15, 0.2) is 29.2 Å². The molecule has 0 saturated carbocycles. The molecule has 1 unspecified atom stereocenters. The fraction of sp³-hybridized carbons (Fsp3) is 0.222. The van der Waals surface area contributed by atoms with Gasteiger partial charge in [-0.15, -0.1) is 0 Å². The number of hydrogen-bond donors (Lipinski definition) is 1. The van der Waals surface area contributed by atoms with E-state index in [-0.39, 0.29) is 11.0 Å². The van der Waals surface area contributed by atoms with E-state index in [1.807, 2.05) is 0 Å². The van der Waals surface area contributed by atoms with Gasteiger partial charge in [-0.1, -0.05) is 0 Å². The summed E-state index contributed by atoms with van der Waals surface area (Å²) in [6, 6.07) is 5.55. The van der Waals surface area contributed by atoms with Crippen molar-refractivity contribution in [1.82, 2.24) is 6.15 Å². The topological polar surface area (TPSA) is 103 Å². The van der Waals surface area contributed by atoms with Crippen LogP contribution in [-0.2, 0) is 15.8 Å². The van der Waals surface area contributed by atoms with E-state index in [1.54, 1.807) is 6.92 Å². The molecule has 0 aromatic heterocycles. The summed E-state index contributed by atoms with van der Waals surface area (Å²) in [5, 5.41) is 0. The number of quaternary nitrogens is 1. The maximum absolute atomic E-state index is 11.1. The normalized spacial score (nSPS) is 11.3. The van der Waals surface area contributed by atoms with Crippen LogP contribution < -0.4 is 6.15 Å². The third-order valence-corrected chi connectivity index (χ3v) is 2.21. The molecule has 0 heterocycles. The lowest BCUT2D eigenvalue weighted by molar-refractivity contribution is 0.0526. The summed E-state index contributed by atoms with van der Waals surface area (Å²) in [5.74, 6) is -0.448. The van der Waals surface area contributed by atoms with E-state index in [1.165, 1.54) is 24.3 Å². The van der Waals surface area contributed by atoms with Crippen LogP contribution in [0, 0.1) is 0 Å². The Morgan fingerprint density at radius 3 is 2.33 bits per heavy atom. The Bertz CT molecular complexity index is 350. The molecule has 1 aromatic carbocycles. The minimum absolute atomic E-state index is 0. The molecule has 0 aliphatic carbocycles. The number of carbonyl (C=O) groups excluding carboxylic acids is 1. The molecule has 1 atom stereocenters. The zero-order valence-electron chi connectivity index (χ0n) is 8.56. The third-order valence-electron chi connectivity index (χ3n) is 1.56. The van der Waals surface area contributed by atoms with Gasteiger partial charge in [0.1, 0.15) is 0 Å². The van der Waals surface area contributed by atoms with Crippen LogP contribution in [0.25, 0.3) is 0 Å². The third kappa shape index (κ3) is 3.78. The Hall–Kier alpha value is -1.24. The SMILES string of the molecule is CCOC(=O)c1ccc(S(=O)[O-])cc1.[NH4+]. The van der Waals surface area contributed by atoms with Gasteiger partial charge < -0.3 is 15.4 Å². The lowest BCUT2D eigenvalue weighted by atomic mass is 10.2. The first-order chi connectivity index (χ1) is 6.65. The van der Waals surface area contributed by atoms with Crippen molar-refractivity contribution in [3.8, 4) is 0 Å². The summed E-state index contributed by atoms with van der Waals surface area (Å²) < 4.78 is 25.7. The van der Waals surface area contributed by atoms with Crippen LogP contribution in [0.3, 0.4) is 0 Å². The predicted octanol–water partition coefficient (Wildman–Crippen LogP) is 1.48. The number of rotatable bonds is 3. The average Bonchev–Trinajstić information content (AvgIpc) is 2.18. The van der Waals surface area contributed by atoms with E-state index >= 15 is 0 Å². The first kappa shape index (κ1) is 13.8. The molecule has 0 radical (unpaired) electrons. The molecule has 0 aliphatic heterocycles. The van der Waals surface area contributed by atoms with Crippen LogP contribution >= 0.6 is 0 Å². The fourth-order valence-corrected chi connectivity index (χ4v) is 1.27. The fourth-order valence-electron chi connectivity index (χ4n) is 0.917. The molecule has 4 N–H and O–H groups in total. The first-order valence-corrected chi connectivity index (χ1v) is 5.09. The van der Waals surface area contributed by atoms with Crippen molar-refractivity contribution in [2.75, 3.05) is 6.61 Å². The van der Waals surface area contributed by atoms with Crippen molar-refractivity contribution < 1.29 is 18.3 Å². The first-order valence-electron chi connectivity index (χ1n) is 4.01. The van der Waals surface area contributed by atoms with Gasteiger partial charge in [0.2, 0.25) is 0 Å². The van der Waals surface area contributed by atoms with Crippen LogP contribution in [0.2, 0.25) is 0 Å². The van der Waals surface area contributed by atoms with E-state index in [0.29, 0.717) is 12.2 Å². The predicted molar refractivity (Wildman–Crippen MR) is 55.6 cm³/mol. The molecule has 0 bridgehead atoms. The maximum atomic E-state index is 11.1. The van der Waals surface area contributed by atoms with Gasteiger partial charge in [-0.25, -0.2) is 4.79 Å². The zero-order chi connectivity index (χ0) is 10.6. The quantitative estimate of drug-likeness (QED) is 0.628. The van der Waals surface area contributed by atoms with Crippen molar-refractivity contribution >= 4 is 17.0 Å². The number of benzene rings is 1. The molecule has 0 fully saturated rings. The van der Waals surface area contributed by atoms with Gasteiger partial charge in [0, 0.05) is 4.90 Å². The maximum Gasteiger partial charge on any atom is 0.338 e. The molecule has 6 heteroatoms. The molecule has 15 heavy (non-hydrogen) atoms. The number of hydrogen-bond acceptors (Lipinski definition) is 4. The molecule has 84 valence electrons. The minimum atomic E-state index is -2.26. The summed E-state index contributed by atoms with van der Waals surface area (Å²) in [5.41, 5.74) is 0.348. The van der Waals surface area contributed by atoms with Crippen LogP contribution in [0.1, 0.15) is 17.3 Å². The van der Waals surface area contributed by atoms with E-state index in [9.17, 15) is 13.6 Å². The van der Waals surface area contributed by atoms with Crippen LogP contribution in [0.4, 0.5) is 0 Å². The Kier molecular flexibility index (Phi) is 5.76. The van der Waals surface area contributed by atoms with Gasteiger partial charge in [-0.3, -0.25) is 4.21 Å². The van der Waals surface area contributed by atoms with Gasteiger partial charge in [0.25, 0.3) is 0 Å². The van der Waals surface area contributed by atoms with Gasteiger partial charge in [0.05, 0.1) is 12.2 Å². The second-order valence-electron chi connectivity index (χ2n) is 2.48. The highest BCUT2D eigenvalue weighted by atomic mass is 32.2. The van der Waals surface area contributed by atoms with Crippen molar-refractivity contribution in [2.45, 2.75) is 11.8 Å². The van der Waals surface area contributed by atoms with Gasteiger partial charge in [-0.2, -0.15) is 0 Å². The highest BCUT2D eigenvalue weighted by molar-refractivity contribution is 7.79. The Morgan fingerprint density at radius 2 is 1.93 bits per heavy atom. The van der Waals surface area contributed by atoms with E-state index in [2.05, 4.69) is 0 Å². The summed E-state index contributed by atoms with van der Waals surface area (Å²) in [7, 11) is 0. The zero-order valence-corrected chi connectivity index (χ0v) is 9.37. The number of esters is 1. The summed E-state index contributed by atoms with van der Waals surface area (Å²) in [6.07, 6.45) is 0. The van der Waals surface area contributed by atoms with Crippen molar-refractivity contribution in [3.05, 3.63) is 29.8 Å². The van der Waals surface area contributed by atoms with Crippen molar-refractivity contribution in [3.63, 3.8) is 0 Å². The molecule has 0 saturated heterocycles. The van der Waals surface area contributed by atoms with Crippen molar-refractivity contribution in [2.24, 2.45) is 0 Å². The highest BCUT2D eigenvalue weighted by Crippen LogP contribution is 2.08. The molecular formula is C9H13NO4S. The van der Waals surface area contributed by atoms with Crippen LogP contribution in [0.5, 0.6) is 0 Å². The standard InChI is InChI=1S/C9H10O4S.H3N/c1-2-13-9(10)7-3-5-8(6-4-7)14(11)12;/h3-6H,2H2,1H3,(H,11,12);1H3.